The fourth-order valence-corrected chi connectivity index (χ4v) is 3.05. The Morgan fingerprint density at radius 1 is 1.47 bits per heavy atom. The maximum absolute atomic E-state index is 11.8. The molecule has 0 N–H and O–H groups in total. The van der Waals surface area contributed by atoms with Crippen LogP contribution in [0.3, 0.4) is 0 Å². The summed E-state index contributed by atoms with van der Waals surface area (Å²) in [5.74, 6) is 0.980. The average Bonchev–Trinajstić information content (AvgIpc) is 2.61. The van der Waals surface area contributed by atoms with Gasteiger partial charge in [-0.2, -0.15) is 0 Å². The maximum Gasteiger partial charge on any atom is 0.309 e. The second kappa shape index (κ2) is 4.52. The van der Waals surface area contributed by atoms with Crippen molar-refractivity contribution in [1.82, 2.24) is 0 Å². The summed E-state index contributed by atoms with van der Waals surface area (Å²) in [7, 11) is 0. The van der Waals surface area contributed by atoms with Crippen LogP contribution in [0.2, 0.25) is 0 Å². The van der Waals surface area contributed by atoms with Gasteiger partial charge in [0.05, 0.1) is 18.6 Å². The van der Waals surface area contributed by atoms with Crippen LogP contribution in [0.4, 0.5) is 0 Å². The Morgan fingerprint density at radius 3 is 3.00 bits per heavy atom. The van der Waals surface area contributed by atoms with Crippen LogP contribution in [-0.2, 0) is 14.3 Å². The van der Waals surface area contributed by atoms with E-state index in [1.807, 2.05) is 6.92 Å². The van der Waals surface area contributed by atoms with Gasteiger partial charge in [-0.05, 0) is 32.1 Å². The number of hydrogen-bond donors (Lipinski definition) is 0. The molecule has 0 aromatic carbocycles. The van der Waals surface area contributed by atoms with Gasteiger partial charge in [0.1, 0.15) is 0 Å². The molecule has 4 atom stereocenters. The molecular weight excluding hydrogens is 192 g/mol. The molecule has 3 heteroatoms. The molecule has 15 heavy (non-hydrogen) atoms. The van der Waals surface area contributed by atoms with Crippen LogP contribution in [0.25, 0.3) is 0 Å². The number of ether oxygens (including phenoxy) is 2. The molecule has 0 bridgehead atoms. The van der Waals surface area contributed by atoms with E-state index in [0.29, 0.717) is 24.5 Å². The van der Waals surface area contributed by atoms with E-state index in [-0.39, 0.29) is 11.9 Å². The third kappa shape index (κ3) is 2.03. The van der Waals surface area contributed by atoms with E-state index in [1.54, 1.807) is 0 Å². The molecule has 4 unspecified atom stereocenters. The van der Waals surface area contributed by atoms with Crippen LogP contribution in [0.15, 0.2) is 0 Å². The summed E-state index contributed by atoms with van der Waals surface area (Å²) in [5.41, 5.74) is 0. The Balaban J connectivity index is 2.06. The first kappa shape index (κ1) is 10.9. The molecule has 0 radical (unpaired) electrons. The second-order valence-electron chi connectivity index (χ2n) is 4.72. The molecule has 0 amide bonds. The van der Waals surface area contributed by atoms with Crippen molar-refractivity contribution in [1.29, 1.82) is 0 Å². The molecule has 0 spiro atoms. The van der Waals surface area contributed by atoms with Gasteiger partial charge in [-0.1, -0.05) is 6.92 Å². The summed E-state index contributed by atoms with van der Waals surface area (Å²) < 4.78 is 10.9. The lowest BCUT2D eigenvalue weighted by Crippen LogP contribution is -2.37. The molecular formula is C12H20O3. The van der Waals surface area contributed by atoms with E-state index in [1.165, 1.54) is 0 Å². The van der Waals surface area contributed by atoms with Gasteiger partial charge in [0, 0.05) is 12.5 Å². The third-order valence-corrected chi connectivity index (χ3v) is 3.72. The molecule has 2 fully saturated rings. The van der Waals surface area contributed by atoms with Gasteiger partial charge in [-0.3, -0.25) is 4.79 Å². The zero-order chi connectivity index (χ0) is 10.8. The molecule has 1 aliphatic heterocycles. The summed E-state index contributed by atoms with van der Waals surface area (Å²) in [6.45, 7) is 5.35. The fourth-order valence-electron chi connectivity index (χ4n) is 3.05. The zero-order valence-corrected chi connectivity index (χ0v) is 9.57. The van der Waals surface area contributed by atoms with Gasteiger partial charge in [-0.15, -0.1) is 0 Å². The Morgan fingerprint density at radius 2 is 2.27 bits per heavy atom. The Bertz CT molecular complexity index is 237. The first-order valence-corrected chi connectivity index (χ1v) is 6.02. The highest BCUT2D eigenvalue weighted by atomic mass is 16.5. The third-order valence-electron chi connectivity index (χ3n) is 3.72. The van der Waals surface area contributed by atoms with Gasteiger partial charge in [0.25, 0.3) is 0 Å². The minimum Gasteiger partial charge on any atom is -0.466 e. The SMILES string of the molecule is CCOC(=O)C1CCCC2OCC(C)C21. The molecule has 0 aromatic rings. The number of fused-ring (bicyclic) bond motifs is 1. The van der Waals surface area contributed by atoms with Crippen molar-refractivity contribution in [2.24, 2.45) is 17.8 Å². The van der Waals surface area contributed by atoms with E-state index in [2.05, 4.69) is 6.92 Å². The number of carbonyl (C=O) groups is 1. The van der Waals surface area contributed by atoms with Gasteiger partial charge >= 0.3 is 5.97 Å². The van der Waals surface area contributed by atoms with Crippen LogP contribution in [0.5, 0.6) is 0 Å². The Hall–Kier alpha value is -0.570. The number of esters is 1. The first-order valence-electron chi connectivity index (χ1n) is 6.02. The molecule has 1 saturated heterocycles. The minimum absolute atomic E-state index is 0.00968. The number of hydrogen-bond acceptors (Lipinski definition) is 3. The van der Waals surface area contributed by atoms with Crippen LogP contribution < -0.4 is 0 Å². The van der Waals surface area contributed by atoms with Crippen molar-refractivity contribution in [3.05, 3.63) is 0 Å². The smallest absolute Gasteiger partial charge is 0.309 e. The number of rotatable bonds is 2. The van der Waals surface area contributed by atoms with Crippen molar-refractivity contribution in [2.75, 3.05) is 13.2 Å². The van der Waals surface area contributed by atoms with Crippen LogP contribution in [0, 0.1) is 17.8 Å². The van der Waals surface area contributed by atoms with Gasteiger partial charge < -0.3 is 9.47 Å². The normalized spacial score (nSPS) is 39.9. The molecule has 1 saturated carbocycles. The lowest BCUT2D eigenvalue weighted by Gasteiger charge is -2.32. The van der Waals surface area contributed by atoms with E-state index in [9.17, 15) is 4.79 Å². The standard InChI is InChI=1S/C12H20O3/c1-3-14-12(13)9-5-4-6-10-11(9)8(2)7-15-10/h8-11H,3-7H2,1-2H3. The first-order chi connectivity index (χ1) is 7.24. The van der Waals surface area contributed by atoms with Gasteiger partial charge in [0.15, 0.2) is 0 Å². The van der Waals surface area contributed by atoms with Gasteiger partial charge in [0.2, 0.25) is 0 Å². The second-order valence-corrected chi connectivity index (χ2v) is 4.72. The Kier molecular flexibility index (Phi) is 3.29. The van der Waals surface area contributed by atoms with E-state index in [4.69, 9.17) is 9.47 Å². The Labute approximate surface area is 91.1 Å². The zero-order valence-electron chi connectivity index (χ0n) is 9.57. The van der Waals surface area contributed by atoms with Crippen molar-refractivity contribution in [3.8, 4) is 0 Å². The van der Waals surface area contributed by atoms with Gasteiger partial charge in [-0.25, -0.2) is 0 Å². The summed E-state index contributed by atoms with van der Waals surface area (Å²) in [6, 6.07) is 0. The summed E-state index contributed by atoms with van der Waals surface area (Å²) in [6.07, 6.45) is 3.50. The molecule has 3 nitrogen and oxygen atoms in total. The average molecular weight is 212 g/mol. The molecule has 86 valence electrons. The monoisotopic (exact) mass is 212 g/mol. The van der Waals surface area contributed by atoms with Crippen LogP contribution in [-0.4, -0.2) is 25.3 Å². The lowest BCUT2D eigenvalue weighted by molar-refractivity contribution is -0.153. The highest BCUT2D eigenvalue weighted by molar-refractivity contribution is 5.73. The van der Waals surface area contributed by atoms with E-state index in [0.717, 1.165) is 25.9 Å². The van der Waals surface area contributed by atoms with Crippen LogP contribution >= 0.6 is 0 Å². The predicted molar refractivity (Wildman–Crippen MR) is 56.4 cm³/mol. The predicted octanol–water partition coefficient (Wildman–Crippen LogP) is 2.00. The van der Waals surface area contributed by atoms with Crippen LogP contribution in [0.1, 0.15) is 33.1 Å². The van der Waals surface area contributed by atoms with E-state index < -0.39 is 0 Å². The molecule has 2 aliphatic rings. The quantitative estimate of drug-likeness (QED) is 0.657. The largest absolute Gasteiger partial charge is 0.466 e. The van der Waals surface area contributed by atoms with Crippen molar-refractivity contribution >= 4 is 5.97 Å². The number of carbonyl (C=O) groups excluding carboxylic acids is 1. The lowest BCUT2D eigenvalue weighted by atomic mass is 9.73. The summed E-state index contributed by atoms with van der Waals surface area (Å²) in [5, 5.41) is 0. The molecule has 1 heterocycles. The van der Waals surface area contributed by atoms with Crippen molar-refractivity contribution in [3.63, 3.8) is 0 Å². The highest BCUT2D eigenvalue weighted by Gasteiger charge is 2.45. The molecule has 2 rings (SSSR count). The summed E-state index contributed by atoms with van der Waals surface area (Å²) in [4.78, 5) is 11.8. The topological polar surface area (TPSA) is 35.5 Å². The van der Waals surface area contributed by atoms with E-state index >= 15 is 0 Å². The summed E-state index contributed by atoms with van der Waals surface area (Å²) >= 11 is 0. The van der Waals surface area contributed by atoms with Crippen molar-refractivity contribution < 1.29 is 14.3 Å². The minimum atomic E-state index is -0.00968. The molecule has 1 aliphatic carbocycles. The highest BCUT2D eigenvalue weighted by Crippen LogP contribution is 2.42. The fraction of sp³-hybridized carbons (Fsp3) is 0.917. The molecule has 0 aromatic heterocycles. The maximum atomic E-state index is 11.8. The van der Waals surface area contributed by atoms with Crippen molar-refractivity contribution in [2.45, 2.75) is 39.2 Å².